The van der Waals surface area contributed by atoms with E-state index in [-0.39, 0.29) is 41.4 Å². The Morgan fingerprint density at radius 1 is 0.909 bits per heavy atom. The van der Waals surface area contributed by atoms with Gasteiger partial charge in [0.1, 0.15) is 17.8 Å². The van der Waals surface area contributed by atoms with E-state index >= 15 is 0 Å². The minimum absolute atomic E-state index is 0.00121. The Labute approximate surface area is 190 Å². The molecule has 0 amide bonds. The number of carbonyl (C=O) groups is 2. The molecule has 1 aliphatic rings. The highest BCUT2D eigenvalue weighted by Crippen LogP contribution is 2.40. The van der Waals surface area contributed by atoms with Gasteiger partial charge in [0.05, 0.1) is 34.0 Å². The van der Waals surface area contributed by atoms with E-state index in [0.717, 1.165) is 0 Å². The third-order valence-corrected chi connectivity index (χ3v) is 4.97. The first-order valence-electron chi connectivity index (χ1n) is 9.82. The molecule has 0 spiro atoms. The molecule has 3 rings (SSSR count). The molecule has 2 aromatic rings. The fourth-order valence-corrected chi connectivity index (χ4v) is 3.39. The van der Waals surface area contributed by atoms with E-state index in [0.29, 0.717) is 22.8 Å². The summed E-state index contributed by atoms with van der Waals surface area (Å²) in [4.78, 5) is 26.0. The Bertz CT molecular complexity index is 1070. The molecule has 0 saturated carbocycles. The average Bonchev–Trinajstić information content (AvgIpc) is 3.35. The van der Waals surface area contributed by atoms with Crippen LogP contribution in [0.1, 0.15) is 22.3 Å². The van der Waals surface area contributed by atoms with Crippen molar-refractivity contribution in [3.05, 3.63) is 65.1 Å². The first-order chi connectivity index (χ1) is 15.9. The Kier molecular flexibility index (Phi) is 7.45. The molecule has 0 aromatic heterocycles. The second-order valence-corrected chi connectivity index (χ2v) is 6.82. The van der Waals surface area contributed by atoms with Gasteiger partial charge in [0, 0.05) is 17.6 Å². The average molecular weight is 456 g/mol. The number of hydrogen-bond donors (Lipinski definition) is 1. The van der Waals surface area contributed by atoms with Gasteiger partial charge >= 0.3 is 5.97 Å². The van der Waals surface area contributed by atoms with E-state index < -0.39 is 11.8 Å². The van der Waals surface area contributed by atoms with Crippen LogP contribution in [0.2, 0.25) is 0 Å². The minimum Gasteiger partial charge on any atom is -0.497 e. The molecule has 2 aromatic carbocycles. The fraction of sp³-hybridized carbons (Fsp3) is 0.250. The first-order valence-corrected chi connectivity index (χ1v) is 9.82. The Morgan fingerprint density at radius 2 is 1.55 bits per heavy atom. The largest absolute Gasteiger partial charge is 0.497 e. The summed E-state index contributed by atoms with van der Waals surface area (Å²) in [5.41, 5.74) is 0.316. The Balaban J connectivity index is 2.20. The van der Waals surface area contributed by atoms with Crippen molar-refractivity contribution >= 4 is 17.3 Å². The van der Waals surface area contributed by atoms with Gasteiger partial charge in [-0.2, -0.15) is 0 Å². The second-order valence-electron chi connectivity index (χ2n) is 6.82. The summed E-state index contributed by atoms with van der Waals surface area (Å²) in [6.45, 7) is -0.00801. The Hall–Kier alpha value is -4.14. The third-order valence-electron chi connectivity index (χ3n) is 4.97. The van der Waals surface area contributed by atoms with Gasteiger partial charge in [-0.15, -0.1) is 0 Å². The zero-order valence-corrected chi connectivity index (χ0v) is 18.7. The first kappa shape index (κ1) is 23.5. The van der Waals surface area contributed by atoms with Crippen LogP contribution < -0.4 is 18.9 Å². The van der Waals surface area contributed by atoms with Gasteiger partial charge in [0.2, 0.25) is 12.5 Å². The van der Waals surface area contributed by atoms with Crippen LogP contribution in [0.25, 0.3) is 5.57 Å². The fourth-order valence-electron chi connectivity index (χ4n) is 3.39. The monoisotopic (exact) mass is 456 g/mol. The standard InChI is InChI=1S/C24H24O9/c1-28-16-7-5-14(6-8-16)21(24(26)27)18(11-17-12-32-13-33-17)22(25)15-9-19(29-2)23(31-4)20(10-15)30-3/h5-10,12H,11,13H2,1-4H3,(H,26,27). The number of allylic oxidation sites excluding steroid dienone is 1. The second kappa shape index (κ2) is 10.4. The van der Waals surface area contributed by atoms with E-state index in [2.05, 4.69) is 0 Å². The van der Waals surface area contributed by atoms with Crippen LogP contribution in [0.3, 0.4) is 0 Å². The summed E-state index contributed by atoms with van der Waals surface area (Å²) in [5, 5.41) is 10.1. The van der Waals surface area contributed by atoms with Crippen molar-refractivity contribution in [3.8, 4) is 23.0 Å². The van der Waals surface area contributed by atoms with E-state index in [1.807, 2.05) is 0 Å². The number of methoxy groups -OCH3 is 4. The van der Waals surface area contributed by atoms with Crippen LogP contribution in [0.15, 0.2) is 54.0 Å². The maximum Gasteiger partial charge on any atom is 0.336 e. The summed E-state index contributed by atoms with van der Waals surface area (Å²) in [5.74, 6) is -0.0874. The molecule has 0 radical (unpaired) electrons. The van der Waals surface area contributed by atoms with Crippen molar-refractivity contribution < 1.29 is 43.1 Å². The summed E-state index contributed by atoms with van der Waals surface area (Å²) in [6, 6.07) is 9.33. The van der Waals surface area contributed by atoms with Gasteiger partial charge in [-0.05, 0) is 29.8 Å². The number of carbonyl (C=O) groups excluding carboxylic acids is 1. The van der Waals surface area contributed by atoms with Crippen molar-refractivity contribution in [1.82, 2.24) is 0 Å². The third kappa shape index (κ3) is 5.03. The van der Waals surface area contributed by atoms with Crippen LogP contribution in [-0.4, -0.2) is 52.1 Å². The number of aliphatic carboxylic acids is 1. The van der Waals surface area contributed by atoms with E-state index in [9.17, 15) is 14.7 Å². The zero-order chi connectivity index (χ0) is 24.0. The van der Waals surface area contributed by atoms with Gasteiger partial charge in [0.15, 0.2) is 17.3 Å². The number of carboxylic acid groups (broad SMARTS) is 1. The molecule has 0 saturated heterocycles. The normalized spacial score (nSPS) is 13.2. The number of hydrogen-bond acceptors (Lipinski definition) is 8. The van der Waals surface area contributed by atoms with E-state index in [4.69, 9.17) is 28.4 Å². The van der Waals surface area contributed by atoms with Crippen molar-refractivity contribution in [3.63, 3.8) is 0 Å². The topological polar surface area (TPSA) is 110 Å². The number of benzene rings is 2. The van der Waals surface area contributed by atoms with Crippen molar-refractivity contribution in [2.75, 3.05) is 35.2 Å². The minimum atomic E-state index is -1.27. The highest BCUT2D eigenvalue weighted by atomic mass is 16.7. The molecule has 33 heavy (non-hydrogen) atoms. The van der Waals surface area contributed by atoms with Gasteiger partial charge in [-0.3, -0.25) is 4.79 Å². The van der Waals surface area contributed by atoms with Crippen LogP contribution in [0.5, 0.6) is 23.0 Å². The van der Waals surface area contributed by atoms with E-state index in [1.165, 1.54) is 46.8 Å². The SMILES string of the molecule is COc1ccc(C(C(=O)O)=C(CC2=COCO2)C(=O)c2cc(OC)c(OC)c(OC)c2)cc1. The molecule has 9 heteroatoms. The van der Waals surface area contributed by atoms with E-state index in [1.54, 1.807) is 24.3 Å². The molecule has 174 valence electrons. The van der Waals surface area contributed by atoms with Crippen molar-refractivity contribution in [2.45, 2.75) is 6.42 Å². The predicted octanol–water partition coefficient (Wildman–Crippen LogP) is 3.68. The van der Waals surface area contributed by atoms with Gasteiger partial charge in [0.25, 0.3) is 0 Å². The van der Waals surface area contributed by atoms with Crippen molar-refractivity contribution in [2.24, 2.45) is 0 Å². The van der Waals surface area contributed by atoms with Crippen LogP contribution in [-0.2, 0) is 14.3 Å². The molecule has 0 aliphatic carbocycles. The lowest BCUT2D eigenvalue weighted by molar-refractivity contribution is -0.130. The predicted molar refractivity (Wildman–Crippen MR) is 118 cm³/mol. The molecule has 0 fully saturated rings. The van der Waals surface area contributed by atoms with Gasteiger partial charge in [-0.25, -0.2) is 4.79 Å². The zero-order valence-electron chi connectivity index (χ0n) is 18.7. The number of carboxylic acids is 1. The van der Waals surface area contributed by atoms with Crippen LogP contribution >= 0.6 is 0 Å². The maximum absolute atomic E-state index is 13.7. The number of ether oxygens (including phenoxy) is 6. The lowest BCUT2D eigenvalue weighted by atomic mass is 9.91. The van der Waals surface area contributed by atoms with Crippen LogP contribution in [0.4, 0.5) is 0 Å². The molecule has 1 heterocycles. The molecule has 1 aliphatic heterocycles. The highest BCUT2D eigenvalue weighted by Gasteiger charge is 2.27. The number of rotatable bonds is 10. The smallest absolute Gasteiger partial charge is 0.336 e. The highest BCUT2D eigenvalue weighted by molar-refractivity contribution is 6.26. The molecular weight excluding hydrogens is 432 g/mol. The summed E-state index contributed by atoms with van der Waals surface area (Å²) in [7, 11) is 5.81. The molecule has 0 unspecified atom stereocenters. The van der Waals surface area contributed by atoms with Crippen LogP contribution in [0, 0.1) is 0 Å². The lowest BCUT2D eigenvalue weighted by Gasteiger charge is -2.16. The molecule has 9 nitrogen and oxygen atoms in total. The van der Waals surface area contributed by atoms with Gasteiger partial charge < -0.3 is 33.5 Å². The summed E-state index contributed by atoms with van der Waals surface area (Å²) >= 11 is 0. The van der Waals surface area contributed by atoms with Gasteiger partial charge in [-0.1, -0.05) is 12.1 Å². The molecule has 0 bridgehead atoms. The number of Topliss-reactive ketones (excluding diaryl/α,β-unsaturated/α-hetero) is 1. The molecule has 0 atom stereocenters. The number of ketones is 1. The lowest BCUT2D eigenvalue weighted by Crippen LogP contribution is -2.13. The summed E-state index contributed by atoms with van der Waals surface area (Å²) < 4.78 is 31.6. The Morgan fingerprint density at radius 3 is 2.00 bits per heavy atom. The maximum atomic E-state index is 13.7. The molecular formula is C24H24O9. The molecule has 1 N–H and O–H groups in total. The van der Waals surface area contributed by atoms with Crippen molar-refractivity contribution in [1.29, 1.82) is 0 Å². The summed E-state index contributed by atoms with van der Waals surface area (Å²) in [6.07, 6.45) is 1.26. The quantitative estimate of drug-likeness (QED) is 0.423.